The van der Waals surface area contributed by atoms with Crippen LogP contribution in [0.2, 0.25) is 0 Å². The number of hydrogen-bond acceptors (Lipinski definition) is 3. The van der Waals surface area contributed by atoms with Crippen LogP contribution in [0.25, 0.3) is 0 Å². The molecule has 1 aromatic rings. The SMILES string of the molecule is CCO[C@@H](Cc1ccc(OCC=CC#CC2(I)C=CC=C(I)C2)cc1)C(=O)O. The summed E-state index contributed by atoms with van der Waals surface area (Å²) in [5.74, 6) is 6.14. The molecule has 0 radical (unpaired) electrons. The lowest BCUT2D eigenvalue weighted by Gasteiger charge is -2.19. The second-order valence-corrected chi connectivity index (χ2v) is 9.44. The van der Waals surface area contributed by atoms with Gasteiger partial charge in [0, 0.05) is 19.4 Å². The summed E-state index contributed by atoms with van der Waals surface area (Å²) in [6.45, 7) is 2.58. The van der Waals surface area contributed by atoms with Crippen molar-refractivity contribution in [3.8, 4) is 17.6 Å². The van der Waals surface area contributed by atoms with Gasteiger partial charge < -0.3 is 14.6 Å². The first kappa shape index (κ1) is 23.0. The second-order valence-electron chi connectivity index (χ2n) is 6.12. The lowest BCUT2D eigenvalue weighted by molar-refractivity contribution is -0.149. The van der Waals surface area contributed by atoms with Crippen molar-refractivity contribution in [2.24, 2.45) is 0 Å². The highest BCUT2D eigenvalue weighted by Gasteiger charge is 2.23. The Kier molecular flexibility index (Phi) is 9.55. The third-order valence-corrected chi connectivity index (χ3v) is 5.63. The number of benzene rings is 1. The Morgan fingerprint density at radius 1 is 1.39 bits per heavy atom. The largest absolute Gasteiger partial charge is 0.490 e. The van der Waals surface area contributed by atoms with E-state index in [-0.39, 0.29) is 3.42 Å². The smallest absolute Gasteiger partial charge is 0.333 e. The molecule has 1 unspecified atom stereocenters. The molecule has 0 heterocycles. The van der Waals surface area contributed by atoms with Crippen LogP contribution in [-0.4, -0.2) is 33.8 Å². The van der Waals surface area contributed by atoms with Gasteiger partial charge in [0.05, 0.1) is 0 Å². The molecule has 1 N–H and O–H groups in total. The van der Waals surface area contributed by atoms with E-state index in [0.29, 0.717) is 19.6 Å². The Balaban J connectivity index is 1.80. The van der Waals surface area contributed by atoms with E-state index in [1.54, 1.807) is 6.92 Å². The van der Waals surface area contributed by atoms with E-state index >= 15 is 0 Å². The molecule has 1 aliphatic rings. The molecule has 0 fully saturated rings. The van der Waals surface area contributed by atoms with Crippen LogP contribution in [0.15, 0.2) is 58.2 Å². The van der Waals surface area contributed by atoms with Gasteiger partial charge in [0.1, 0.15) is 15.8 Å². The molecule has 28 heavy (non-hydrogen) atoms. The summed E-state index contributed by atoms with van der Waals surface area (Å²) in [7, 11) is 0. The number of alkyl halides is 1. The maximum atomic E-state index is 11.1. The number of halogens is 2. The summed E-state index contributed by atoms with van der Waals surface area (Å²) in [6, 6.07) is 7.39. The molecular weight excluding hydrogens is 582 g/mol. The van der Waals surface area contributed by atoms with Crippen LogP contribution in [0.5, 0.6) is 5.75 Å². The highest BCUT2D eigenvalue weighted by atomic mass is 127. The summed E-state index contributed by atoms with van der Waals surface area (Å²) in [4.78, 5) is 11.1. The van der Waals surface area contributed by atoms with Crippen molar-refractivity contribution in [3.05, 3.63) is 63.8 Å². The summed E-state index contributed by atoms with van der Waals surface area (Å²) in [5.41, 5.74) is 0.895. The molecule has 0 bridgehead atoms. The molecule has 0 saturated carbocycles. The van der Waals surface area contributed by atoms with Gasteiger partial charge in [-0.15, -0.1) is 0 Å². The van der Waals surface area contributed by atoms with Crippen LogP contribution in [0, 0.1) is 11.8 Å². The van der Waals surface area contributed by atoms with E-state index in [4.69, 9.17) is 14.6 Å². The van der Waals surface area contributed by atoms with Crippen molar-refractivity contribution in [2.75, 3.05) is 13.2 Å². The molecule has 0 amide bonds. The van der Waals surface area contributed by atoms with Crippen LogP contribution in [-0.2, 0) is 16.0 Å². The maximum Gasteiger partial charge on any atom is 0.333 e. The van der Waals surface area contributed by atoms with E-state index < -0.39 is 12.1 Å². The van der Waals surface area contributed by atoms with Crippen molar-refractivity contribution in [2.45, 2.75) is 29.3 Å². The summed E-state index contributed by atoms with van der Waals surface area (Å²) in [5, 5.41) is 9.14. The van der Waals surface area contributed by atoms with Crippen molar-refractivity contribution in [3.63, 3.8) is 0 Å². The number of carboxylic acids is 1. The predicted molar refractivity (Wildman–Crippen MR) is 128 cm³/mol. The van der Waals surface area contributed by atoms with Gasteiger partial charge in [0.25, 0.3) is 0 Å². The van der Waals surface area contributed by atoms with Crippen LogP contribution < -0.4 is 4.74 Å². The summed E-state index contributed by atoms with van der Waals surface area (Å²) < 4.78 is 12.1. The van der Waals surface area contributed by atoms with E-state index in [1.165, 1.54) is 3.58 Å². The van der Waals surface area contributed by atoms with Crippen molar-refractivity contribution >= 4 is 51.2 Å². The summed E-state index contributed by atoms with van der Waals surface area (Å²) in [6.07, 6.45) is 10.4. The third-order valence-electron chi connectivity index (χ3n) is 3.88. The third kappa shape index (κ3) is 7.97. The van der Waals surface area contributed by atoms with Crippen molar-refractivity contribution in [1.29, 1.82) is 0 Å². The molecule has 0 aromatic heterocycles. The first-order chi connectivity index (χ1) is 13.4. The van der Waals surface area contributed by atoms with Gasteiger partial charge in [-0.05, 0) is 62.9 Å². The van der Waals surface area contributed by atoms with Gasteiger partial charge >= 0.3 is 5.97 Å². The lowest BCUT2D eigenvalue weighted by atomic mass is 10.0. The van der Waals surface area contributed by atoms with E-state index in [2.05, 4.69) is 75.3 Å². The number of rotatable bonds is 8. The molecule has 2 atom stereocenters. The normalized spacial score (nSPS) is 19.6. The second kappa shape index (κ2) is 11.6. The minimum Gasteiger partial charge on any atom is -0.490 e. The van der Waals surface area contributed by atoms with Gasteiger partial charge in [-0.2, -0.15) is 0 Å². The van der Waals surface area contributed by atoms with E-state index in [1.807, 2.05) is 36.4 Å². The Morgan fingerprint density at radius 3 is 2.79 bits per heavy atom. The molecule has 1 aromatic carbocycles. The predicted octanol–water partition coefficient (Wildman–Crippen LogP) is 5.11. The first-order valence-corrected chi connectivity index (χ1v) is 11.0. The standard InChI is InChI=1S/C22H22I2O4/c1-2-27-20(21(25)26)15-17-8-10-19(11-9-17)28-14-5-3-4-12-22(24)13-6-7-18(23)16-22/h3,5-11,13,20H,2,14-16H2,1H3,(H,25,26)/t20-,22?/m0/s1. The quantitative estimate of drug-likeness (QED) is 0.255. The number of hydrogen-bond donors (Lipinski definition) is 1. The van der Waals surface area contributed by atoms with Gasteiger partial charge in [-0.3, -0.25) is 0 Å². The Morgan fingerprint density at radius 2 is 2.14 bits per heavy atom. The zero-order chi connectivity index (χ0) is 20.4. The average molecular weight is 604 g/mol. The Hall–Kier alpha value is -1.31. The minimum atomic E-state index is -0.948. The van der Waals surface area contributed by atoms with Crippen LogP contribution in [0.4, 0.5) is 0 Å². The Labute approximate surface area is 193 Å². The molecule has 148 valence electrons. The van der Waals surface area contributed by atoms with Gasteiger partial charge in [0.2, 0.25) is 0 Å². The molecule has 4 nitrogen and oxygen atoms in total. The molecule has 0 aliphatic heterocycles. The molecule has 6 heteroatoms. The molecular formula is C22H22I2O4. The zero-order valence-electron chi connectivity index (χ0n) is 15.5. The number of carbonyl (C=O) groups is 1. The van der Waals surface area contributed by atoms with Crippen molar-refractivity contribution < 1.29 is 19.4 Å². The maximum absolute atomic E-state index is 11.1. The zero-order valence-corrected chi connectivity index (χ0v) is 19.8. The van der Waals surface area contributed by atoms with Crippen LogP contribution in [0.3, 0.4) is 0 Å². The fourth-order valence-electron chi connectivity index (χ4n) is 2.52. The Bertz CT molecular complexity index is 815. The molecule has 2 rings (SSSR count). The first-order valence-electron chi connectivity index (χ1n) is 8.88. The fraction of sp³-hybridized carbons (Fsp3) is 0.318. The van der Waals surface area contributed by atoms with Gasteiger partial charge in [-0.1, -0.05) is 64.8 Å². The molecule has 1 aliphatic carbocycles. The number of ether oxygens (including phenoxy) is 2. The van der Waals surface area contributed by atoms with E-state index in [9.17, 15) is 4.79 Å². The van der Waals surface area contributed by atoms with Crippen molar-refractivity contribution in [1.82, 2.24) is 0 Å². The molecule has 0 spiro atoms. The molecule has 0 saturated heterocycles. The van der Waals surface area contributed by atoms with Gasteiger partial charge in [0.15, 0.2) is 6.10 Å². The van der Waals surface area contributed by atoms with Crippen LogP contribution in [0.1, 0.15) is 18.9 Å². The monoisotopic (exact) mass is 604 g/mol. The fourth-order valence-corrected chi connectivity index (χ4v) is 4.84. The average Bonchev–Trinajstić information content (AvgIpc) is 2.65. The lowest BCUT2D eigenvalue weighted by Crippen LogP contribution is -2.26. The highest BCUT2D eigenvalue weighted by molar-refractivity contribution is 14.1. The van der Waals surface area contributed by atoms with E-state index in [0.717, 1.165) is 17.7 Å². The number of aliphatic carboxylic acids is 1. The van der Waals surface area contributed by atoms with Gasteiger partial charge in [-0.25, -0.2) is 4.79 Å². The van der Waals surface area contributed by atoms with Crippen LogP contribution >= 0.6 is 45.2 Å². The topological polar surface area (TPSA) is 55.8 Å². The highest BCUT2D eigenvalue weighted by Crippen LogP contribution is 2.34. The minimum absolute atomic E-state index is 0.140. The summed E-state index contributed by atoms with van der Waals surface area (Å²) >= 11 is 4.72. The number of carboxylic acid groups (broad SMARTS) is 1. The number of allylic oxidation sites excluding steroid dienone is 5.